The molecule has 8 nitrogen and oxygen atoms in total. The Morgan fingerprint density at radius 1 is 1.34 bits per heavy atom. The molecular formula is C20H31N3O5S. The van der Waals surface area contributed by atoms with E-state index in [1.54, 1.807) is 18.7 Å². The van der Waals surface area contributed by atoms with Gasteiger partial charge in [0.15, 0.2) is 0 Å². The third-order valence-corrected chi connectivity index (χ3v) is 8.51. The fourth-order valence-electron chi connectivity index (χ4n) is 5.61. The zero-order valence-corrected chi connectivity index (χ0v) is 17.8. The third-order valence-electron chi connectivity index (χ3n) is 7.01. The molecule has 4 heterocycles. The Hall–Kier alpha value is -1.13. The normalized spacial score (nSPS) is 37.0. The molecule has 29 heavy (non-hydrogen) atoms. The Labute approximate surface area is 175 Å². The van der Waals surface area contributed by atoms with Crippen molar-refractivity contribution in [2.45, 2.75) is 62.6 Å². The third kappa shape index (κ3) is 3.50. The molecule has 0 aromatic heterocycles. The van der Waals surface area contributed by atoms with Crippen molar-refractivity contribution in [3.05, 3.63) is 10.6 Å². The number of nitrogens with zero attached hydrogens (tertiary/aromatic N) is 2. The highest BCUT2D eigenvalue weighted by atomic mass is 32.2. The topological polar surface area (TPSA) is 113 Å². The van der Waals surface area contributed by atoms with E-state index in [1.165, 1.54) is 4.90 Å². The summed E-state index contributed by atoms with van der Waals surface area (Å²) in [6.45, 7) is 6.46. The van der Waals surface area contributed by atoms with E-state index in [1.807, 2.05) is 6.92 Å². The van der Waals surface area contributed by atoms with E-state index in [4.69, 9.17) is 0 Å². The van der Waals surface area contributed by atoms with Crippen LogP contribution in [0.4, 0.5) is 0 Å². The number of aliphatic hydroxyl groups is 2. The van der Waals surface area contributed by atoms with E-state index < -0.39 is 18.0 Å². The molecule has 6 atom stereocenters. The molecule has 4 rings (SSSR count). The highest BCUT2D eigenvalue weighted by molar-refractivity contribution is 8.03. The fraction of sp³-hybridized carbons (Fsp3) is 0.800. The van der Waals surface area contributed by atoms with E-state index in [9.17, 15) is 24.9 Å². The summed E-state index contributed by atoms with van der Waals surface area (Å²) in [5.41, 5.74) is 0.0928. The number of hydrogen-bond acceptors (Lipinski definition) is 7. The van der Waals surface area contributed by atoms with Crippen molar-refractivity contribution in [3.8, 4) is 0 Å². The summed E-state index contributed by atoms with van der Waals surface area (Å²) in [4.78, 5) is 29.0. The lowest BCUT2D eigenvalue weighted by atomic mass is 9.79. The van der Waals surface area contributed by atoms with Gasteiger partial charge in [-0.25, -0.2) is 4.79 Å². The van der Waals surface area contributed by atoms with Crippen LogP contribution in [0.15, 0.2) is 10.6 Å². The Balaban J connectivity index is 1.52. The van der Waals surface area contributed by atoms with Crippen molar-refractivity contribution in [1.82, 2.24) is 15.1 Å². The fourth-order valence-corrected chi connectivity index (χ4v) is 7.18. The predicted molar refractivity (Wildman–Crippen MR) is 109 cm³/mol. The lowest BCUT2D eigenvalue weighted by Crippen LogP contribution is -2.63. The molecular weight excluding hydrogens is 394 g/mol. The maximum absolute atomic E-state index is 12.5. The number of carboxylic acids is 1. The van der Waals surface area contributed by atoms with Gasteiger partial charge in [-0.15, -0.1) is 11.8 Å². The van der Waals surface area contributed by atoms with Crippen molar-refractivity contribution >= 4 is 23.6 Å². The molecule has 3 saturated heterocycles. The van der Waals surface area contributed by atoms with Crippen LogP contribution >= 0.6 is 11.8 Å². The molecule has 1 unspecified atom stereocenters. The summed E-state index contributed by atoms with van der Waals surface area (Å²) in [6.07, 6.45) is 2.15. The summed E-state index contributed by atoms with van der Waals surface area (Å²) in [5, 5.41) is 33.3. The average molecular weight is 426 g/mol. The van der Waals surface area contributed by atoms with E-state index in [0.29, 0.717) is 6.04 Å². The molecule has 0 aliphatic carbocycles. The first-order chi connectivity index (χ1) is 13.8. The van der Waals surface area contributed by atoms with E-state index in [0.717, 1.165) is 43.8 Å². The van der Waals surface area contributed by atoms with Crippen LogP contribution in [0.1, 0.15) is 33.1 Å². The second-order valence-electron chi connectivity index (χ2n) is 8.76. The number of thioether (sulfide) groups is 1. The average Bonchev–Trinajstić information content (AvgIpc) is 3.20. The summed E-state index contributed by atoms with van der Waals surface area (Å²) < 4.78 is 0. The highest BCUT2D eigenvalue weighted by Crippen LogP contribution is 2.52. The van der Waals surface area contributed by atoms with Gasteiger partial charge in [0.05, 0.1) is 24.7 Å². The first kappa shape index (κ1) is 21.1. The molecule has 0 radical (unpaired) electrons. The second-order valence-corrected chi connectivity index (χ2v) is 10.1. The van der Waals surface area contributed by atoms with E-state index in [2.05, 4.69) is 10.2 Å². The minimum Gasteiger partial charge on any atom is -0.477 e. The number of carbonyl (C=O) groups is 2. The number of piperidine rings is 1. The monoisotopic (exact) mass is 425 g/mol. The molecule has 0 bridgehead atoms. The number of β-lactam (4-membered cyclic amide) rings is 1. The Kier molecular flexibility index (Phi) is 5.96. The second kappa shape index (κ2) is 8.19. The molecule has 0 aromatic carbocycles. The summed E-state index contributed by atoms with van der Waals surface area (Å²) in [7, 11) is 0. The Bertz CT molecular complexity index is 708. The van der Waals surface area contributed by atoms with Gasteiger partial charge in [0.1, 0.15) is 5.70 Å². The molecule has 4 aliphatic heterocycles. The number of amides is 1. The SMILES string of the molecule is CC(O)[C@H]1C(=O)N2C(C(=O)O)=C(S[C@@H]3C[C@@H](CO)N(C4CCNCC4)C3)[C@H](C)[C@H]12. The van der Waals surface area contributed by atoms with Crippen molar-refractivity contribution in [1.29, 1.82) is 0 Å². The van der Waals surface area contributed by atoms with Crippen LogP contribution < -0.4 is 5.32 Å². The van der Waals surface area contributed by atoms with Crippen LogP contribution in [0, 0.1) is 11.8 Å². The maximum atomic E-state index is 12.5. The van der Waals surface area contributed by atoms with Crippen molar-refractivity contribution in [2.24, 2.45) is 11.8 Å². The number of carboxylic acid groups (broad SMARTS) is 1. The first-order valence-corrected chi connectivity index (χ1v) is 11.5. The number of nitrogens with one attached hydrogen (secondary N) is 1. The number of fused-ring (bicyclic) bond motifs is 1. The number of hydrogen-bond donors (Lipinski definition) is 4. The van der Waals surface area contributed by atoms with Crippen LogP contribution in [0.3, 0.4) is 0 Å². The molecule has 0 saturated carbocycles. The highest BCUT2D eigenvalue weighted by Gasteiger charge is 2.60. The maximum Gasteiger partial charge on any atom is 0.353 e. The predicted octanol–water partition coefficient (Wildman–Crippen LogP) is 0.0605. The van der Waals surface area contributed by atoms with Crippen LogP contribution in [-0.4, -0.2) is 92.7 Å². The van der Waals surface area contributed by atoms with Gasteiger partial charge < -0.3 is 25.5 Å². The molecule has 162 valence electrons. The summed E-state index contributed by atoms with van der Waals surface area (Å²) >= 11 is 1.56. The molecule has 0 aromatic rings. The molecule has 4 aliphatic rings. The van der Waals surface area contributed by atoms with E-state index >= 15 is 0 Å². The van der Waals surface area contributed by atoms with Gasteiger partial charge in [0.2, 0.25) is 5.91 Å². The zero-order valence-electron chi connectivity index (χ0n) is 17.0. The number of likely N-dealkylation sites (tertiary alicyclic amines) is 1. The molecule has 9 heteroatoms. The lowest BCUT2D eigenvalue weighted by molar-refractivity contribution is -0.163. The quantitative estimate of drug-likeness (QED) is 0.442. The van der Waals surface area contributed by atoms with Crippen molar-refractivity contribution in [3.63, 3.8) is 0 Å². The van der Waals surface area contributed by atoms with Crippen LogP contribution in [0.2, 0.25) is 0 Å². The van der Waals surface area contributed by atoms with Gasteiger partial charge in [-0.3, -0.25) is 9.69 Å². The zero-order chi connectivity index (χ0) is 20.9. The Morgan fingerprint density at radius 3 is 2.62 bits per heavy atom. The minimum atomic E-state index is -1.08. The number of carbonyl (C=O) groups excluding carboxylic acids is 1. The van der Waals surface area contributed by atoms with Gasteiger partial charge in [-0.1, -0.05) is 6.92 Å². The van der Waals surface area contributed by atoms with E-state index in [-0.39, 0.29) is 41.5 Å². The van der Waals surface area contributed by atoms with Gasteiger partial charge in [0.25, 0.3) is 0 Å². The standard InChI is InChI=1S/C20H31N3O5S/c1-10-16-15(11(2)25)19(26)23(16)17(20(27)28)18(10)29-14-7-13(9-24)22(8-14)12-3-5-21-6-4-12/h10-16,21,24-25H,3-9H2,1-2H3,(H,27,28)/t10-,11?,13+,14-,15-,16-/m1/s1. The molecule has 3 fully saturated rings. The molecule has 4 N–H and O–H groups in total. The van der Waals surface area contributed by atoms with Crippen molar-refractivity contribution < 1.29 is 24.9 Å². The van der Waals surface area contributed by atoms with Crippen LogP contribution in [0.25, 0.3) is 0 Å². The minimum absolute atomic E-state index is 0.0928. The number of aliphatic carboxylic acids is 1. The summed E-state index contributed by atoms with van der Waals surface area (Å²) in [5.74, 6) is -2.01. The van der Waals surface area contributed by atoms with Gasteiger partial charge >= 0.3 is 5.97 Å². The smallest absolute Gasteiger partial charge is 0.353 e. The Morgan fingerprint density at radius 2 is 2.03 bits per heavy atom. The van der Waals surface area contributed by atoms with Crippen LogP contribution in [0.5, 0.6) is 0 Å². The van der Waals surface area contributed by atoms with Gasteiger partial charge in [-0.05, 0) is 39.3 Å². The number of rotatable bonds is 6. The molecule has 0 spiro atoms. The number of aliphatic hydroxyl groups excluding tert-OH is 2. The summed E-state index contributed by atoms with van der Waals surface area (Å²) in [6, 6.07) is 0.283. The van der Waals surface area contributed by atoms with Gasteiger partial charge in [-0.2, -0.15) is 0 Å². The first-order valence-electron chi connectivity index (χ1n) is 10.6. The van der Waals surface area contributed by atoms with Crippen LogP contribution in [-0.2, 0) is 9.59 Å². The van der Waals surface area contributed by atoms with Crippen molar-refractivity contribution in [2.75, 3.05) is 26.2 Å². The lowest BCUT2D eigenvalue weighted by Gasteiger charge is -2.46. The van der Waals surface area contributed by atoms with Gasteiger partial charge in [0, 0.05) is 34.7 Å². The largest absolute Gasteiger partial charge is 0.477 e. The molecule has 1 amide bonds.